The Hall–Kier alpha value is -3.04. The second kappa shape index (κ2) is 8.54. The predicted octanol–water partition coefficient (Wildman–Crippen LogP) is 4.24. The van der Waals surface area contributed by atoms with Gasteiger partial charge in [0.2, 0.25) is 0 Å². The molecule has 0 saturated heterocycles. The van der Waals surface area contributed by atoms with Gasteiger partial charge in [-0.15, -0.1) is 0 Å². The SMILES string of the molecule is COC(=O)[C@@H](Cc1ccc(C(F)(F)F)cc1)NC(=O)c1cccc(C(F)(F)F)c1. The van der Waals surface area contributed by atoms with Crippen LogP contribution in [0.3, 0.4) is 0 Å². The van der Waals surface area contributed by atoms with Gasteiger partial charge in [0.1, 0.15) is 6.04 Å². The van der Waals surface area contributed by atoms with E-state index in [0.29, 0.717) is 6.07 Å². The molecule has 0 aliphatic carbocycles. The molecule has 10 heteroatoms. The number of halogens is 6. The Morgan fingerprint density at radius 1 is 0.931 bits per heavy atom. The molecule has 156 valence electrons. The maximum Gasteiger partial charge on any atom is 0.416 e. The summed E-state index contributed by atoms with van der Waals surface area (Å²) in [5.41, 5.74) is -1.97. The number of hydrogen-bond donors (Lipinski definition) is 1. The molecule has 29 heavy (non-hydrogen) atoms. The second-order valence-corrected chi connectivity index (χ2v) is 6.03. The monoisotopic (exact) mass is 419 g/mol. The lowest BCUT2D eigenvalue weighted by molar-refractivity contribution is -0.143. The molecule has 0 aromatic heterocycles. The molecule has 0 heterocycles. The van der Waals surface area contributed by atoms with E-state index in [1.165, 1.54) is 0 Å². The molecule has 0 spiro atoms. The fraction of sp³-hybridized carbons (Fsp3) is 0.263. The largest absolute Gasteiger partial charge is 0.467 e. The molecule has 1 atom stereocenters. The van der Waals surface area contributed by atoms with Gasteiger partial charge in [0.25, 0.3) is 5.91 Å². The summed E-state index contributed by atoms with van der Waals surface area (Å²) < 4.78 is 80.8. The highest BCUT2D eigenvalue weighted by Gasteiger charge is 2.32. The van der Waals surface area contributed by atoms with Gasteiger partial charge >= 0.3 is 18.3 Å². The lowest BCUT2D eigenvalue weighted by Gasteiger charge is -2.17. The molecule has 4 nitrogen and oxygen atoms in total. The van der Waals surface area contributed by atoms with Crippen LogP contribution < -0.4 is 5.32 Å². The highest BCUT2D eigenvalue weighted by molar-refractivity contribution is 5.97. The third-order valence-electron chi connectivity index (χ3n) is 3.96. The molecule has 0 saturated carbocycles. The lowest BCUT2D eigenvalue weighted by atomic mass is 10.0. The van der Waals surface area contributed by atoms with Gasteiger partial charge in [0.15, 0.2) is 0 Å². The van der Waals surface area contributed by atoms with E-state index in [1.54, 1.807) is 0 Å². The standard InChI is InChI=1S/C19H15F6NO3/c1-29-17(28)15(9-11-5-7-13(8-6-11)18(20,21)22)26-16(27)12-3-2-4-14(10-12)19(23,24)25/h2-8,10,15H,9H2,1H3,(H,26,27)/t15-/m1/s1. The number of benzene rings is 2. The van der Waals surface area contributed by atoms with E-state index in [2.05, 4.69) is 10.1 Å². The number of nitrogens with one attached hydrogen (secondary N) is 1. The van der Waals surface area contributed by atoms with E-state index in [-0.39, 0.29) is 17.5 Å². The van der Waals surface area contributed by atoms with E-state index in [1.807, 2.05) is 0 Å². The van der Waals surface area contributed by atoms with Crippen molar-refractivity contribution in [3.8, 4) is 0 Å². The fourth-order valence-corrected chi connectivity index (χ4v) is 2.48. The Morgan fingerprint density at radius 3 is 2.03 bits per heavy atom. The van der Waals surface area contributed by atoms with Crippen LogP contribution in [0.4, 0.5) is 26.3 Å². The zero-order chi connectivity index (χ0) is 21.8. The van der Waals surface area contributed by atoms with Crippen molar-refractivity contribution in [1.82, 2.24) is 5.32 Å². The first-order valence-electron chi connectivity index (χ1n) is 8.14. The maximum atomic E-state index is 12.8. The minimum Gasteiger partial charge on any atom is -0.467 e. The van der Waals surface area contributed by atoms with Gasteiger partial charge in [0, 0.05) is 12.0 Å². The van der Waals surface area contributed by atoms with Crippen molar-refractivity contribution < 1.29 is 40.7 Å². The Kier molecular flexibility index (Phi) is 6.55. The molecule has 2 rings (SSSR count). The number of carbonyl (C=O) groups is 2. The zero-order valence-corrected chi connectivity index (χ0v) is 14.9. The highest BCUT2D eigenvalue weighted by atomic mass is 19.4. The third kappa shape index (κ3) is 5.97. The quantitative estimate of drug-likeness (QED) is 0.583. The fourth-order valence-electron chi connectivity index (χ4n) is 2.48. The predicted molar refractivity (Wildman–Crippen MR) is 89.9 cm³/mol. The van der Waals surface area contributed by atoms with Crippen LogP contribution in [-0.2, 0) is 28.3 Å². The summed E-state index contributed by atoms with van der Waals surface area (Å²) in [6.45, 7) is 0. The lowest BCUT2D eigenvalue weighted by Crippen LogP contribution is -2.43. The summed E-state index contributed by atoms with van der Waals surface area (Å²) in [6, 6.07) is 6.19. The van der Waals surface area contributed by atoms with Crippen LogP contribution in [0.1, 0.15) is 27.0 Å². The minimum atomic E-state index is -4.65. The van der Waals surface area contributed by atoms with Gasteiger partial charge in [-0.3, -0.25) is 4.79 Å². The zero-order valence-electron chi connectivity index (χ0n) is 14.9. The number of rotatable bonds is 5. The number of ether oxygens (including phenoxy) is 1. The van der Waals surface area contributed by atoms with E-state index >= 15 is 0 Å². The first-order valence-corrected chi connectivity index (χ1v) is 8.14. The van der Waals surface area contributed by atoms with Gasteiger partial charge in [-0.2, -0.15) is 26.3 Å². The molecule has 0 aliphatic rings. The van der Waals surface area contributed by atoms with Crippen molar-refractivity contribution >= 4 is 11.9 Å². The number of esters is 1. The van der Waals surface area contributed by atoms with Gasteiger partial charge in [-0.1, -0.05) is 18.2 Å². The van der Waals surface area contributed by atoms with Crippen LogP contribution >= 0.6 is 0 Å². The van der Waals surface area contributed by atoms with Crippen molar-refractivity contribution in [2.45, 2.75) is 24.8 Å². The van der Waals surface area contributed by atoms with Crippen molar-refractivity contribution in [3.05, 3.63) is 70.8 Å². The minimum absolute atomic E-state index is 0.213. The van der Waals surface area contributed by atoms with Gasteiger partial charge in [0.05, 0.1) is 18.2 Å². The Bertz CT molecular complexity index is 875. The molecule has 1 amide bonds. The van der Waals surface area contributed by atoms with Crippen molar-refractivity contribution in [2.24, 2.45) is 0 Å². The van der Waals surface area contributed by atoms with Gasteiger partial charge in [-0.05, 0) is 35.9 Å². The Labute approximate surface area is 161 Å². The van der Waals surface area contributed by atoms with Gasteiger partial charge < -0.3 is 10.1 Å². The van der Waals surface area contributed by atoms with E-state index in [0.717, 1.165) is 49.6 Å². The average Bonchev–Trinajstić information content (AvgIpc) is 2.66. The number of alkyl halides is 6. The molecule has 0 bridgehead atoms. The second-order valence-electron chi connectivity index (χ2n) is 6.03. The van der Waals surface area contributed by atoms with Gasteiger partial charge in [-0.25, -0.2) is 4.79 Å². The average molecular weight is 419 g/mol. The number of hydrogen-bond acceptors (Lipinski definition) is 3. The number of carbonyl (C=O) groups excluding carboxylic acids is 2. The Balaban J connectivity index is 2.19. The van der Waals surface area contributed by atoms with Crippen LogP contribution in [0, 0.1) is 0 Å². The number of amides is 1. The molecule has 2 aromatic carbocycles. The smallest absolute Gasteiger partial charge is 0.416 e. The third-order valence-corrected chi connectivity index (χ3v) is 3.96. The van der Waals surface area contributed by atoms with Crippen molar-refractivity contribution in [3.63, 3.8) is 0 Å². The summed E-state index contributed by atoms with van der Waals surface area (Å²) >= 11 is 0. The Morgan fingerprint density at radius 2 is 1.52 bits per heavy atom. The van der Waals surface area contributed by atoms with E-state index in [4.69, 9.17) is 0 Å². The number of methoxy groups -OCH3 is 1. The first-order chi connectivity index (χ1) is 13.4. The first kappa shape index (κ1) is 22.3. The summed E-state index contributed by atoms with van der Waals surface area (Å²) in [5.74, 6) is -1.86. The topological polar surface area (TPSA) is 55.4 Å². The molecular weight excluding hydrogens is 404 g/mol. The van der Waals surface area contributed by atoms with Crippen LogP contribution in [0.5, 0.6) is 0 Å². The summed E-state index contributed by atoms with van der Waals surface area (Å²) in [7, 11) is 1.04. The molecule has 0 unspecified atom stereocenters. The molecular formula is C19H15F6NO3. The van der Waals surface area contributed by atoms with Crippen molar-refractivity contribution in [1.29, 1.82) is 0 Å². The summed E-state index contributed by atoms with van der Waals surface area (Å²) in [5, 5.41) is 2.25. The van der Waals surface area contributed by atoms with Crippen LogP contribution in [-0.4, -0.2) is 25.0 Å². The van der Waals surface area contributed by atoms with Crippen LogP contribution in [0.15, 0.2) is 48.5 Å². The highest BCUT2D eigenvalue weighted by Crippen LogP contribution is 2.30. The van der Waals surface area contributed by atoms with E-state index < -0.39 is 41.4 Å². The van der Waals surface area contributed by atoms with Crippen molar-refractivity contribution in [2.75, 3.05) is 7.11 Å². The summed E-state index contributed by atoms with van der Waals surface area (Å²) in [4.78, 5) is 24.2. The summed E-state index contributed by atoms with van der Waals surface area (Å²) in [6.07, 6.45) is -9.40. The van der Waals surface area contributed by atoms with E-state index in [9.17, 15) is 35.9 Å². The molecule has 0 radical (unpaired) electrons. The molecule has 2 aromatic rings. The molecule has 1 N–H and O–H groups in total. The maximum absolute atomic E-state index is 12.8. The van der Waals surface area contributed by atoms with Crippen LogP contribution in [0.2, 0.25) is 0 Å². The molecule has 0 fully saturated rings. The molecule has 0 aliphatic heterocycles. The van der Waals surface area contributed by atoms with Crippen LogP contribution in [0.25, 0.3) is 0 Å². The normalized spacial score (nSPS) is 12.9.